The lowest BCUT2D eigenvalue weighted by molar-refractivity contribution is -0.133. The smallest absolute Gasteiger partial charge is 0.409 e. The highest BCUT2D eigenvalue weighted by atomic mass is 16.6. The number of ether oxygens (including phenoxy) is 1. The summed E-state index contributed by atoms with van der Waals surface area (Å²) in [5, 5.41) is 0. The zero-order valence-corrected chi connectivity index (χ0v) is 16.4. The Morgan fingerprint density at radius 3 is 2.33 bits per heavy atom. The maximum absolute atomic E-state index is 12.7. The van der Waals surface area contributed by atoms with E-state index in [-0.39, 0.29) is 24.3 Å². The third-order valence-electron chi connectivity index (χ3n) is 4.62. The maximum atomic E-state index is 12.7. The lowest BCUT2D eigenvalue weighted by Crippen LogP contribution is -2.51. The summed E-state index contributed by atoms with van der Waals surface area (Å²) in [6.45, 7) is 8.74. The Morgan fingerprint density at radius 1 is 1.11 bits per heavy atom. The lowest BCUT2D eigenvalue weighted by atomic mass is 10.2. The lowest BCUT2D eigenvalue weighted by Gasteiger charge is -2.34. The molecule has 8 heteroatoms. The summed E-state index contributed by atoms with van der Waals surface area (Å²) in [4.78, 5) is 42.0. The maximum Gasteiger partial charge on any atom is 0.409 e. The quantitative estimate of drug-likeness (QED) is 0.725. The third kappa shape index (κ3) is 5.48. The molecule has 1 aliphatic rings. The predicted molar refractivity (Wildman–Crippen MR) is 99.4 cm³/mol. The van der Waals surface area contributed by atoms with Crippen molar-refractivity contribution in [3.63, 3.8) is 0 Å². The minimum absolute atomic E-state index is 0.00340. The van der Waals surface area contributed by atoms with Gasteiger partial charge in [-0.1, -0.05) is 6.92 Å². The minimum atomic E-state index is -0.334. The number of piperazine rings is 1. The van der Waals surface area contributed by atoms with Crippen molar-refractivity contribution in [2.24, 2.45) is 0 Å². The summed E-state index contributed by atoms with van der Waals surface area (Å²) in [6, 6.07) is 1.66. The summed E-state index contributed by atoms with van der Waals surface area (Å²) < 4.78 is 10.2. The second-order valence-corrected chi connectivity index (χ2v) is 6.50. The van der Waals surface area contributed by atoms with Gasteiger partial charge < -0.3 is 23.9 Å². The van der Waals surface area contributed by atoms with Gasteiger partial charge in [-0.05, 0) is 26.3 Å². The number of carbonyl (C=O) groups is 3. The van der Waals surface area contributed by atoms with Crippen LogP contribution in [0.3, 0.4) is 0 Å². The van der Waals surface area contributed by atoms with Gasteiger partial charge in [0.1, 0.15) is 5.76 Å². The number of hydrogen-bond acceptors (Lipinski definition) is 5. The Kier molecular flexibility index (Phi) is 7.69. The van der Waals surface area contributed by atoms with Gasteiger partial charge in [0.15, 0.2) is 0 Å². The highest BCUT2D eigenvalue weighted by Gasteiger charge is 2.26. The molecule has 2 rings (SSSR count). The molecule has 1 aliphatic heterocycles. The summed E-state index contributed by atoms with van der Waals surface area (Å²) in [5.74, 6) is 0.474. The van der Waals surface area contributed by atoms with Crippen LogP contribution in [0.5, 0.6) is 0 Å². The molecule has 1 saturated heterocycles. The molecular formula is C19H29N3O5. The van der Waals surface area contributed by atoms with Gasteiger partial charge in [-0.15, -0.1) is 0 Å². The fraction of sp³-hybridized carbons (Fsp3) is 0.632. The summed E-state index contributed by atoms with van der Waals surface area (Å²) in [5.41, 5.74) is 0.541. The molecule has 0 unspecified atom stereocenters. The zero-order chi connectivity index (χ0) is 19.8. The average molecular weight is 379 g/mol. The highest BCUT2D eigenvalue weighted by Crippen LogP contribution is 2.13. The van der Waals surface area contributed by atoms with Crippen molar-refractivity contribution in [1.82, 2.24) is 14.7 Å². The molecule has 0 aliphatic carbocycles. The van der Waals surface area contributed by atoms with Crippen LogP contribution in [0.1, 0.15) is 42.8 Å². The van der Waals surface area contributed by atoms with E-state index in [4.69, 9.17) is 9.15 Å². The number of amides is 3. The first kappa shape index (κ1) is 20.8. The van der Waals surface area contributed by atoms with Gasteiger partial charge in [0.25, 0.3) is 5.91 Å². The van der Waals surface area contributed by atoms with Crippen molar-refractivity contribution in [2.45, 2.75) is 33.6 Å². The Hall–Kier alpha value is -2.51. The molecule has 2 heterocycles. The molecular weight excluding hydrogens is 350 g/mol. The van der Waals surface area contributed by atoms with E-state index in [2.05, 4.69) is 0 Å². The molecule has 0 N–H and O–H groups in total. The second-order valence-electron chi connectivity index (χ2n) is 6.50. The molecule has 1 aromatic rings. The van der Waals surface area contributed by atoms with E-state index >= 15 is 0 Å². The largest absolute Gasteiger partial charge is 0.469 e. The van der Waals surface area contributed by atoms with E-state index in [1.165, 1.54) is 6.26 Å². The topological polar surface area (TPSA) is 83.3 Å². The average Bonchev–Trinajstić information content (AvgIpc) is 3.10. The molecule has 150 valence electrons. The number of furan rings is 1. The molecule has 0 bridgehead atoms. The van der Waals surface area contributed by atoms with Crippen molar-refractivity contribution in [3.8, 4) is 0 Å². The van der Waals surface area contributed by atoms with E-state index in [9.17, 15) is 14.4 Å². The standard InChI is InChI=1S/C19H29N3O5/c1-4-8-21(18(24)16-7-14-27-15(16)3)9-6-17(23)20-10-12-22(13-11-20)19(25)26-5-2/h7,14H,4-6,8-13H2,1-3H3. The van der Waals surface area contributed by atoms with E-state index in [0.717, 1.165) is 6.42 Å². The van der Waals surface area contributed by atoms with Crippen LogP contribution < -0.4 is 0 Å². The van der Waals surface area contributed by atoms with E-state index in [1.54, 1.807) is 34.6 Å². The molecule has 3 amide bonds. The van der Waals surface area contributed by atoms with Crippen molar-refractivity contribution in [3.05, 3.63) is 23.7 Å². The monoisotopic (exact) mass is 379 g/mol. The molecule has 0 atom stereocenters. The Bertz CT molecular complexity index is 650. The van der Waals surface area contributed by atoms with Crippen molar-refractivity contribution < 1.29 is 23.5 Å². The fourth-order valence-corrected chi connectivity index (χ4v) is 3.10. The van der Waals surface area contributed by atoms with E-state index in [1.807, 2.05) is 6.92 Å². The van der Waals surface area contributed by atoms with Crippen LogP contribution in [0, 0.1) is 6.92 Å². The summed E-state index contributed by atoms with van der Waals surface area (Å²) >= 11 is 0. The summed E-state index contributed by atoms with van der Waals surface area (Å²) in [7, 11) is 0. The predicted octanol–water partition coefficient (Wildman–Crippen LogP) is 2.13. The SMILES string of the molecule is CCCN(CCC(=O)N1CCN(C(=O)OCC)CC1)C(=O)c1ccoc1C. The van der Waals surface area contributed by atoms with Gasteiger partial charge in [-0.3, -0.25) is 9.59 Å². The number of rotatable bonds is 7. The van der Waals surface area contributed by atoms with Gasteiger partial charge in [-0.2, -0.15) is 0 Å². The second kappa shape index (κ2) is 9.99. The first-order valence-corrected chi connectivity index (χ1v) is 9.50. The van der Waals surface area contributed by atoms with Crippen LogP contribution in [0.2, 0.25) is 0 Å². The number of aryl methyl sites for hydroxylation is 1. The molecule has 8 nitrogen and oxygen atoms in total. The summed E-state index contributed by atoms with van der Waals surface area (Å²) in [6.07, 6.45) is 2.25. The van der Waals surface area contributed by atoms with Gasteiger partial charge in [-0.25, -0.2) is 4.79 Å². The van der Waals surface area contributed by atoms with Gasteiger partial charge in [0, 0.05) is 45.7 Å². The number of hydrogen-bond donors (Lipinski definition) is 0. The Labute approximate surface area is 160 Å². The van der Waals surface area contributed by atoms with Crippen LogP contribution in [-0.4, -0.2) is 78.5 Å². The first-order chi connectivity index (χ1) is 13.0. The van der Waals surface area contributed by atoms with E-state index in [0.29, 0.717) is 57.2 Å². The molecule has 0 spiro atoms. The molecule has 1 fully saturated rings. The minimum Gasteiger partial charge on any atom is -0.469 e. The van der Waals surface area contributed by atoms with Gasteiger partial charge >= 0.3 is 6.09 Å². The van der Waals surface area contributed by atoms with Crippen molar-refractivity contribution in [2.75, 3.05) is 45.9 Å². The van der Waals surface area contributed by atoms with Crippen LogP contribution in [-0.2, 0) is 9.53 Å². The molecule has 0 aromatic carbocycles. The van der Waals surface area contributed by atoms with Crippen LogP contribution in [0.4, 0.5) is 4.79 Å². The van der Waals surface area contributed by atoms with Crippen LogP contribution in [0.15, 0.2) is 16.7 Å². The fourth-order valence-electron chi connectivity index (χ4n) is 3.10. The number of carbonyl (C=O) groups excluding carboxylic acids is 3. The molecule has 27 heavy (non-hydrogen) atoms. The number of nitrogens with zero attached hydrogens (tertiary/aromatic N) is 3. The zero-order valence-electron chi connectivity index (χ0n) is 16.4. The van der Waals surface area contributed by atoms with Gasteiger partial charge in [0.05, 0.1) is 18.4 Å². The molecule has 0 radical (unpaired) electrons. The highest BCUT2D eigenvalue weighted by molar-refractivity contribution is 5.95. The molecule has 0 saturated carbocycles. The van der Waals surface area contributed by atoms with Gasteiger partial charge in [0.2, 0.25) is 5.91 Å². The van der Waals surface area contributed by atoms with Crippen molar-refractivity contribution in [1.29, 1.82) is 0 Å². The molecule has 1 aromatic heterocycles. The normalized spacial score (nSPS) is 14.2. The first-order valence-electron chi connectivity index (χ1n) is 9.50. The van der Waals surface area contributed by atoms with E-state index < -0.39 is 0 Å². The van der Waals surface area contributed by atoms with Crippen molar-refractivity contribution >= 4 is 17.9 Å². The Balaban J connectivity index is 1.85. The van der Waals surface area contributed by atoms with Crippen LogP contribution >= 0.6 is 0 Å². The third-order valence-corrected chi connectivity index (χ3v) is 4.62. The Morgan fingerprint density at radius 2 is 1.78 bits per heavy atom. The van der Waals surface area contributed by atoms with Crippen LogP contribution in [0.25, 0.3) is 0 Å².